The van der Waals surface area contributed by atoms with Gasteiger partial charge in [0.2, 0.25) is 0 Å². The smallest absolute Gasteiger partial charge is 0.164 e. The molecule has 0 amide bonds. The molecule has 6 heteroatoms. The van der Waals surface area contributed by atoms with Crippen LogP contribution < -0.4 is 0 Å². The third kappa shape index (κ3) is 6.13. The zero-order valence-corrected chi connectivity index (χ0v) is 30.8. The maximum absolute atomic E-state index is 5.18. The SMILES string of the molecule is Cc1cc(C)c2ccc3ccc(-c4cccc(-c5cccc(-c6nc(-c7ccccc7)nc(-c7cccc(-c8cccc9cnccc89)c7)n6)c5)c4)nc3c2n1. The molecule has 4 aromatic heterocycles. The molecule has 0 fully saturated rings. The average Bonchev–Trinajstić information content (AvgIpc) is 3.26. The third-order valence-electron chi connectivity index (χ3n) is 10.4. The van der Waals surface area contributed by atoms with E-state index in [0.717, 1.165) is 88.5 Å². The van der Waals surface area contributed by atoms with Crippen molar-refractivity contribution < 1.29 is 0 Å². The van der Waals surface area contributed by atoms with Crippen molar-refractivity contribution in [2.75, 3.05) is 0 Å². The molecular formula is C50H34N6. The minimum absolute atomic E-state index is 0.606. The van der Waals surface area contributed by atoms with Gasteiger partial charge in [-0.15, -0.1) is 0 Å². The van der Waals surface area contributed by atoms with Crippen LogP contribution in [-0.4, -0.2) is 29.9 Å². The first-order chi connectivity index (χ1) is 27.5. The molecule has 264 valence electrons. The van der Waals surface area contributed by atoms with Gasteiger partial charge in [0.05, 0.1) is 16.7 Å². The normalized spacial score (nSPS) is 11.4. The number of hydrogen-bond donors (Lipinski definition) is 0. The highest BCUT2D eigenvalue weighted by molar-refractivity contribution is 6.04. The second-order valence-electron chi connectivity index (χ2n) is 14.1. The van der Waals surface area contributed by atoms with Gasteiger partial charge in [-0.25, -0.2) is 19.9 Å². The van der Waals surface area contributed by atoms with E-state index >= 15 is 0 Å². The largest absolute Gasteiger partial charge is 0.264 e. The monoisotopic (exact) mass is 718 g/mol. The fourth-order valence-corrected chi connectivity index (χ4v) is 7.61. The molecule has 10 rings (SSSR count). The lowest BCUT2D eigenvalue weighted by Crippen LogP contribution is -2.00. The van der Waals surface area contributed by atoms with Crippen LogP contribution in [0.5, 0.6) is 0 Å². The second-order valence-corrected chi connectivity index (χ2v) is 14.1. The highest BCUT2D eigenvalue weighted by Crippen LogP contribution is 2.34. The van der Waals surface area contributed by atoms with Gasteiger partial charge in [0.15, 0.2) is 17.5 Å². The van der Waals surface area contributed by atoms with Crippen LogP contribution in [0.2, 0.25) is 0 Å². The van der Waals surface area contributed by atoms with Crippen LogP contribution in [0.1, 0.15) is 11.3 Å². The Hall–Kier alpha value is -7.44. The van der Waals surface area contributed by atoms with Crippen LogP contribution in [0, 0.1) is 13.8 Å². The van der Waals surface area contributed by atoms with E-state index in [2.05, 4.69) is 139 Å². The number of rotatable bonds is 6. The van der Waals surface area contributed by atoms with Crippen molar-refractivity contribution >= 4 is 32.6 Å². The van der Waals surface area contributed by atoms with Crippen molar-refractivity contribution in [3.63, 3.8) is 0 Å². The lowest BCUT2D eigenvalue weighted by Gasteiger charge is -2.12. The quantitative estimate of drug-likeness (QED) is 0.159. The van der Waals surface area contributed by atoms with Gasteiger partial charge in [-0.1, -0.05) is 121 Å². The summed E-state index contributed by atoms with van der Waals surface area (Å²) in [5.41, 5.74) is 13.1. The Labute approximate surface area is 324 Å². The van der Waals surface area contributed by atoms with Gasteiger partial charge >= 0.3 is 0 Å². The maximum atomic E-state index is 5.18. The van der Waals surface area contributed by atoms with Crippen LogP contribution in [0.15, 0.2) is 170 Å². The lowest BCUT2D eigenvalue weighted by molar-refractivity contribution is 1.07. The molecule has 4 heterocycles. The maximum Gasteiger partial charge on any atom is 0.164 e. The number of aromatic nitrogens is 6. The number of aryl methyl sites for hydroxylation is 2. The van der Waals surface area contributed by atoms with E-state index < -0.39 is 0 Å². The van der Waals surface area contributed by atoms with Crippen molar-refractivity contribution in [3.8, 4) is 67.7 Å². The van der Waals surface area contributed by atoms with E-state index in [4.69, 9.17) is 24.9 Å². The van der Waals surface area contributed by atoms with E-state index in [1.807, 2.05) is 49.6 Å². The summed E-state index contributed by atoms with van der Waals surface area (Å²) in [7, 11) is 0. The Balaban J connectivity index is 1.05. The van der Waals surface area contributed by atoms with E-state index in [1.165, 1.54) is 5.56 Å². The molecule has 0 atom stereocenters. The molecule has 0 saturated carbocycles. The van der Waals surface area contributed by atoms with E-state index in [9.17, 15) is 0 Å². The van der Waals surface area contributed by atoms with Crippen molar-refractivity contribution in [1.29, 1.82) is 0 Å². The Morgan fingerprint density at radius 2 is 0.982 bits per heavy atom. The molecule has 6 aromatic carbocycles. The molecular weight excluding hydrogens is 685 g/mol. The number of benzene rings is 6. The van der Waals surface area contributed by atoms with Gasteiger partial charge in [-0.05, 0) is 83.4 Å². The molecule has 6 nitrogen and oxygen atoms in total. The highest BCUT2D eigenvalue weighted by atomic mass is 15.0. The van der Waals surface area contributed by atoms with Crippen LogP contribution in [0.25, 0.3) is 100 Å². The summed E-state index contributed by atoms with van der Waals surface area (Å²) in [6.07, 6.45) is 3.74. The fourth-order valence-electron chi connectivity index (χ4n) is 7.61. The number of hydrogen-bond acceptors (Lipinski definition) is 6. The molecule has 0 radical (unpaired) electrons. The molecule has 0 aliphatic carbocycles. The van der Waals surface area contributed by atoms with Crippen molar-refractivity contribution in [2.45, 2.75) is 13.8 Å². The molecule has 56 heavy (non-hydrogen) atoms. The van der Waals surface area contributed by atoms with Gasteiger partial charge in [-0.3, -0.25) is 9.97 Å². The lowest BCUT2D eigenvalue weighted by atomic mass is 9.98. The first-order valence-electron chi connectivity index (χ1n) is 18.7. The molecule has 0 unspecified atom stereocenters. The summed E-state index contributed by atoms with van der Waals surface area (Å²) < 4.78 is 0. The zero-order chi connectivity index (χ0) is 37.6. The first kappa shape index (κ1) is 33.2. The van der Waals surface area contributed by atoms with Crippen molar-refractivity contribution in [3.05, 3.63) is 181 Å². The standard InChI is InChI=1S/C50H34N6/c1-31-26-32(2)52-47-42(31)22-20-33-21-23-45(53-46(33)47)38-15-6-12-35(27-38)36-13-7-16-39(28-36)49-54-48(34-10-4-3-5-11-34)55-50(56-49)40-17-8-14-37(29-40)43-19-9-18-41-30-51-25-24-44(41)43/h3-30H,1-2H3. The summed E-state index contributed by atoms with van der Waals surface area (Å²) in [4.78, 5) is 29.6. The Morgan fingerprint density at radius 3 is 1.75 bits per heavy atom. The third-order valence-corrected chi connectivity index (χ3v) is 10.4. The predicted molar refractivity (Wildman–Crippen MR) is 228 cm³/mol. The van der Waals surface area contributed by atoms with Crippen molar-refractivity contribution in [2.24, 2.45) is 0 Å². The second kappa shape index (κ2) is 13.8. The molecule has 0 saturated heterocycles. The molecule has 0 aliphatic rings. The minimum Gasteiger partial charge on any atom is -0.264 e. The van der Waals surface area contributed by atoms with Crippen LogP contribution in [0.4, 0.5) is 0 Å². The molecule has 0 N–H and O–H groups in total. The summed E-state index contributed by atoms with van der Waals surface area (Å²) in [6, 6.07) is 54.5. The summed E-state index contributed by atoms with van der Waals surface area (Å²) in [6.45, 7) is 4.17. The summed E-state index contributed by atoms with van der Waals surface area (Å²) >= 11 is 0. The van der Waals surface area contributed by atoms with Gasteiger partial charge in [-0.2, -0.15) is 0 Å². The Morgan fingerprint density at radius 1 is 0.375 bits per heavy atom. The predicted octanol–water partition coefficient (Wildman–Crippen LogP) is 12.1. The van der Waals surface area contributed by atoms with Crippen LogP contribution in [-0.2, 0) is 0 Å². The average molecular weight is 719 g/mol. The topological polar surface area (TPSA) is 77.3 Å². The minimum atomic E-state index is 0.606. The van der Waals surface area contributed by atoms with E-state index in [0.29, 0.717) is 17.5 Å². The van der Waals surface area contributed by atoms with Gasteiger partial charge < -0.3 is 0 Å². The van der Waals surface area contributed by atoms with Gasteiger partial charge in [0, 0.05) is 56.5 Å². The Bertz CT molecular complexity index is 3110. The fraction of sp³-hybridized carbons (Fsp3) is 0.0400. The van der Waals surface area contributed by atoms with Crippen molar-refractivity contribution in [1.82, 2.24) is 29.9 Å². The van der Waals surface area contributed by atoms with Gasteiger partial charge in [0.25, 0.3) is 0 Å². The van der Waals surface area contributed by atoms with E-state index in [1.54, 1.807) is 0 Å². The molecule has 0 aliphatic heterocycles. The summed E-state index contributed by atoms with van der Waals surface area (Å²) in [5, 5.41) is 4.45. The molecule has 10 aromatic rings. The number of fused-ring (bicyclic) bond motifs is 4. The Kier molecular flexibility index (Phi) is 8.15. The van der Waals surface area contributed by atoms with Crippen LogP contribution >= 0.6 is 0 Å². The molecule has 0 spiro atoms. The van der Waals surface area contributed by atoms with Crippen LogP contribution in [0.3, 0.4) is 0 Å². The molecule has 0 bridgehead atoms. The first-order valence-corrected chi connectivity index (χ1v) is 18.7. The van der Waals surface area contributed by atoms with Gasteiger partial charge in [0.1, 0.15) is 0 Å². The highest BCUT2D eigenvalue weighted by Gasteiger charge is 2.15. The zero-order valence-electron chi connectivity index (χ0n) is 30.8. The number of nitrogens with zero attached hydrogens (tertiary/aromatic N) is 6. The number of pyridine rings is 3. The van der Waals surface area contributed by atoms with E-state index in [-0.39, 0.29) is 0 Å². The summed E-state index contributed by atoms with van der Waals surface area (Å²) in [5.74, 6) is 1.84.